The van der Waals surface area contributed by atoms with Crippen molar-refractivity contribution in [3.63, 3.8) is 0 Å². The number of carboxylic acid groups (broad SMARTS) is 1. The number of amides is 1. The number of rotatable bonds is 6. The normalized spacial score (nSPS) is 16.1. The third kappa shape index (κ3) is 5.13. The number of nitrogens with zero attached hydrogens (tertiary/aromatic N) is 1. The Morgan fingerprint density at radius 3 is 2.58 bits per heavy atom. The fourth-order valence-electron chi connectivity index (χ4n) is 3.20. The first kappa shape index (κ1) is 20.7. The van der Waals surface area contributed by atoms with Crippen LogP contribution in [0.1, 0.15) is 17.5 Å². The first-order chi connectivity index (χ1) is 15.0. The molecule has 0 spiro atoms. The Bertz CT molecular complexity index is 1220. The lowest BCUT2D eigenvalue weighted by atomic mass is 10.1. The maximum absolute atomic E-state index is 12.4. The molecule has 0 radical (unpaired) electrons. The molecule has 0 saturated carbocycles. The summed E-state index contributed by atoms with van der Waals surface area (Å²) >= 11 is 1.29. The Balaban J connectivity index is 1.49. The second-order valence-corrected chi connectivity index (χ2v) is 8.05. The van der Waals surface area contributed by atoms with Crippen LogP contribution < -0.4 is 10.1 Å². The van der Waals surface area contributed by atoms with E-state index in [9.17, 15) is 9.59 Å². The van der Waals surface area contributed by atoms with E-state index in [2.05, 4.69) is 10.3 Å². The number of amidine groups is 1. The van der Waals surface area contributed by atoms with Gasteiger partial charge in [-0.25, -0.2) is 4.99 Å². The number of aryl methyl sites for hydroxylation is 1. The number of hydrogen-bond acceptors (Lipinski definition) is 5. The fourth-order valence-corrected chi connectivity index (χ4v) is 4.04. The summed E-state index contributed by atoms with van der Waals surface area (Å²) in [6.07, 6.45) is 2.42. The van der Waals surface area contributed by atoms with Gasteiger partial charge in [-0.15, -0.1) is 0 Å². The fraction of sp³-hybridized carbons (Fsp3) is 0.125. The highest BCUT2D eigenvalue weighted by atomic mass is 32.2. The molecule has 1 saturated heterocycles. The van der Waals surface area contributed by atoms with Gasteiger partial charge in [-0.3, -0.25) is 9.59 Å². The summed E-state index contributed by atoms with van der Waals surface area (Å²) in [6.45, 7) is 0. The van der Waals surface area contributed by atoms with Crippen LogP contribution in [0.2, 0.25) is 0 Å². The van der Waals surface area contributed by atoms with E-state index in [1.807, 2.05) is 66.7 Å². The molecule has 3 aromatic carbocycles. The van der Waals surface area contributed by atoms with E-state index in [1.165, 1.54) is 11.8 Å². The first-order valence-electron chi connectivity index (χ1n) is 9.68. The molecule has 1 aliphatic heterocycles. The average molecular weight is 433 g/mol. The number of hydrogen-bond donors (Lipinski definition) is 2. The van der Waals surface area contributed by atoms with Gasteiger partial charge in [0.2, 0.25) is 0 Å². The van der Waals surface area contributed by atoms with Gasteiger partial charge in [0.25, 0.3) is 5.91 Å². The molecule has 1 fully saturated rings. The van der Waals surface area contributed by atoms with Gasteiger partial charge in [0.15, 0.2) is 5.17 Å². The van der Waals surface area contributed by atoms with Crippen molar-refractivity contribution >= 4 is 51.3 Å². The number of methoxy groups -OCH3 is 1. The third-order valence-electron chi connectivity index (χ3n) is 4.81. The van der Waals surface area contributed by atoms with Gasteiger partial charge in [0.05, 0.1) is 17.7 Å². The van der Waals surface area contributed by atoms with Gasteiger partial charge in [-0.1, -0.05) is 30.3 Å². The standard InChI is InChI=1S/C24H20N2O4S/c1-30-20-10-7-17-12-16(2-6-18(17)14-20)13-21-23(29)26-24(31-21)25-19-8-3-15(4-9-19)5-11-22(27)28/h2-4,6-10,12-14H,5,11H2,1H3,(H,27,28)(H,25,26,29). The van der Waals surface area contributed by atoms with Crippen LogP contribution in [-0.4, -0.2) is 29.3 Å². The van der Waals surface area contributed by atoms with Crippen LogP contribution in [0.15, 0.2) is 70.6 Å². The number of thioether (sulfide) groups is 1. The Labute approximate surface area is 183 Å². The minimum atomic E-state index is -0.820. The zero-order chi connectivity index (χ0) is 21.8. The molecular formula is C24H20N2O4S. The molecule has 0 unspecified atom stereocenters. The molecule has 0 aromatic heterocycles. The summed E-state index contributed by atoms with van der Waals surface area (Å²) in [5.74, 6) is -0.198. The van der Waals surface area contributed by atoms with Crippen molar-refractivity contribution in [2.45, 2.75) is 12.8 Å². The van der Waals surface area contributed by atoms with Crippen LogP contribution in [0, 0.1) is 0 Å². The summed E-state index contributed by atoms with van der Waals surface area (Å²) in [5, 5.41) is 14.2. The van der Waals surface area contributed by atoms with E-state index in [1.54, 1.807) is 7.11 Å². The molecule has 0 atom stereocenters. The maximum atomic E-state index is 12.4. The van der Waals surface area contributed by atoms with Crippen molar-refractivity contribution in [2.75, 3.05) is 7.11 Å². The summed E-state index contributed by atoms with van der Waals surface area (Å²) in [4.78, 5) is 28.1. The van der Waals surface area contributed by atoms with E-state index in [0.717, 1.165) is 27.6 Å². The largest absolute Gasteiger partial charge is 0.497 e. The lowest BCUT2D eigenvalue weighted by Gasteiger charge is -2.03. The van der Waals surface area contributed by atoms with Gasteiger partial charge >= 0.3 is 5.97 Å². The number of aliphatic carboxylic acids is 1. The minimum Gasteiger partial charge on any atom is -0.497 e. The number of carbonyl (C=O) groups is 2. The van der Waals surface area contributed by atoms with E-state index < -0.39 is 5.97 Å². The van der Waals surface area contributed by atoms with E-state index in [4.69, 9.17) is 9.84 Å². The quantitative estimate of drug-likeness (QED) is 0.549. The van der Waals surface area contributed by atoms with Crippen LogP contribution >= 0.6 is 11.8 Å². The number of fused-ring (bicyclic) bond motifs is 1. The van der Waals surface area contributed by atoms with Gasteiger partial charge < -0.3 is 15.2 Å². The third-order valence-corrected chi connectivity index (χ3v) is 5.72. The van der Waals surface area contributed by atoms with E-state index >= 15 is 0 Å². The molecular weight excluding hydrogens is 412 g/mol. The molecule has 31 heavy (non-hydrogen) atoms. The topological polar surface area (TPSA) is 88.0 Å². The molecule has 0 bridgehead atoms. The number of nitrogens with one attached hydrogen (secondary N) is 1. The van der Waals surface area contributed by atoms with E-state index in [-0.39, 0.29) is 12.3 Å². The minimum absolute atomic E-state index is 0.0935. The summed E-state index contributed by atoms with van der Waals surface area (Å²) in [6, 6.07) is 19.2. The number of ether oxygens (including phenoxy) is 1. The van der Waals surface area contributed by atoms with Crippen molar-refractivity contribution in [3.8, 4) is 5.75 Å². The molecule has 1 heterocycles. The van der Waals surface area contributed by atoms with Crippen molar-refractivity contribution in [1.29, 1.82) is 0 Å². The predicted molar refractivity (Wildman–Crippen MR) is 124 cm³/mol. The van der Waals surface area contributed by atoms with Crippen LogP contribution in [0.5, 0.6) is 5.75 Å². The van der Waals surface area contributed by atoms with Gasteiger partial charge in [-0.05, 0) is 76.5 Å². The lowest BCUT2D eigenvalue weighted by Crippen LogP contribution is -2.19. The molecule has 4 rings (SSSR count). The predicted octanol–water partition coefficient (Wildman–Crippen LogP) is 4.76. The number of carbonyl (C=O) groups excluding carboxylic acids is 1. The van der Waals surface area contributed by atoms with Gasteiger partial charge in [0.1, 0.15) is 5.75 Å². The van der Waals surface area contributed by atoms with Crippen LogP contribution in [0.4, 0.5) is 5.69 Å². The molecule has 156 valence electrons. The number of benzene rings is 3. The Kier molecular flexibility index (Phi) is 6.04. The smallest absolute Gasteiger partial charge is 0.303 e. The maximum Gasteiger partial charge on any atom is 0.303 e. The Hall–Kier alpha value is -3.58. The zero-order valence-corrected chi connectivity index (χ0v) is 17.6. The molecule has 6 nitrogen and oxygen atoms in total. The van der Waals surface area contributed by atoms with Crippen LogP contribution in [-0.2, 0) is 16.0 Å². The number of carboxylic acids is 1. The molecule has 3 aromatic rings. The highest BCUT2D eigenvalue weighted by Crippen LogP contribution is 2.29. The summed E-state index contributed by atoms with van der Waals surface area (Å²) < 4.78 is 5.26. The first-order valence-corrected chi connectivity index (χ1v) is 10.5. The lowest BCUT2D eigenvalue weighted by molar-refractivity contribution is -0.137. The molecule has 0 aliphatic carbocycles. The monoisotopic (exact) mass is 432 g/mol. The zero-order valence-electron chi connectivity index (χ0n) is 16.8. The molecule has 1 aliphatic rings. The highest BCUT2D eigenvalue weighted by molar-refractivity contribution is 8.18. The summed E-state index contributed by atoms with van der Waals surface area (Å²) in [5.41, 5.74) is 2.56. The van der Waals surface area contributed by atoms with Gasteiger partial charge in [0, 0.05) is 6.42 Å². The van der Waals surface area contributed by atoms with Crippen molar-refractivity contribution in [3.05, 3.63) is 76.7 Å². The summed E-state index contributed by atoms with van der Waals surface area (Å²) in [7, 11) is 1.64. The van der Waals surface area contributed by atoms with Gasteiger partial charge in [-0.2, -0.15) is 0 Å². The number of aliphatic imine (C=N–C) groups is 1. The molecule has 7 heteroatoms. The van der Waals surface area contributed by atoms with Crippen LogP contribution in [0.25, 0.3) is 16.8 Å². The molecule has 1 amide bonds. The van der Waals surface area contributed by atoms with Crippen LogP contribution in [0.3, 0.4) is 0 Å². The Morgan fingerprint density at radius 2 is 1.84 bits per heavy atom. The van der Waals surface area contributed by atoms with Crippen molar-refractivity contribution in [1.82, 2.24) is 5.32 Å². The average Bonchev–Trinajstić information content (AvgIpc) is 3.11. The highest BCUT2D eigenvalue weighted by Gasteiger charge is 2.23. The van der Waals surface area contributed by atoms with Crippen molar-refractivity contribution < 1.29 is 19.4 Å². The van der Waals surface area contributed by atoms with E-state index in [0.29, 0.717) is 22.2 Å². The Morgan fingerprint density at radius 1 is 1.10 bits per heavy atom. The second kappa shape index (κ2) is 9.06. The van der Waals surface area contributed by atoms with Crippen molar-refractivity contribution in [2.24, 2.45) is 4.99 Å². The second-order valence-electron chi connectivity index (χ2n) is 7.01. The molecule has 2 N–H and O–H groups in total. The SMILES string of the molecule is COc1ccc2cc(C=C3SC(=Nc4ccc(CCC(=O)O)cc4)NC3=O)ccc2c1.